The van der Waals surface area contributed by atoms with Gasteiger partial charge in [0, 0.05) is 54.4 Å². The number of rotatable bonds is 7. The summed E-state index contributed by atoms with van der Waals surface area (Å²) >= 11 is 0. The fraction of sp³-hybridized carbons (Fsp3) is 0.200. The minimum atomic E-state index is 0.749. The largest absolute Gasteiger partial charge is 0.379 e. The molecule has 1 saturated heterocycles. The normalized spacial score (nSPS) is 14.3. The quantitative estimate of drug-likeness (QED) is 0.327. The molecule has 1 fully saturated rings. The molecule has 0 aliphatic carbocycles. The van der Waals surface area contributed by atoms with Crippen LogP contribution >= 0.6 is 0 Å². The van der Waals surface area contributed by atoms with Crippen molar-refractivity contribution in [3.05, 3.63) is 103 Å². The van der Waals surface area contributed by atoms with Gasteiger partial charge in [0.15, 0.2) is 0 Å². The van der Waals surface area contributed by atoms with Crippen molar-refractivity contribution in [2.75, 3.05) is 31.6 Å². The van der Waals surface area contributed by atoms with Gasteiger partial charge in [-0.1, -0.05) is 35.5 Å². The second-order valence-electron chi connectivity index (χ2n) is 9.79. The van der Waals surface area contributed by atoms with Gasteiger partial charge in [-0.05, 0) is 48.0 Å². The third kappa shape index (κ3) is 4.97. The molecule has 0 spiro atoms. The summed E-state index contributed by atoms with van der Waals surface area (Å²) in [5.74, 6) is 0.749. The zero-order chi connectivity index (χ0) is 26.0. The second-order valence-corrected chi connectivity index (χ2v) is 9.79. The molecule has 1 aliphatic rings. The maximum absolute atomic E-state index is 5.45. The number of nitrogens with zero attached hydrogens (tertiary/aromatic N) is 7. The lowest BCUT2D eigenvalue weighted by atomic mass is 10.2. The number of hydrogen-bond acceptors (Lipinski definition) is 7. The van der Waals surface area contributed by atoms with Gasteiger partial charge < -0.3 is 14.6 Å². The first-order chi connectivity index (χ1) is 19.3. The smallest absolute Gasteiger partial charge is 0.141 e. The van der Waals surface area contributed by atoms with E-state index >= 15 is 0 Å². The van der Waals surface area contributed by atoms with Gasteiger partial charge >= 0.3 is 0 Å². The minimum absolute atomic E-state index is 0.749. The highest BCUT2D eigenvalue weighted by Gasteiger charge is 2.14. The van der Waals surface area contributed by atoms with Gasteiger partial charge in [0.25, 0.3) is 0 Å². The van der Waals surface area contributed by atoms with Crippen LogP contribution in [0, 0.1) is 0 Å². The first-order valence-electron chi connectivity index (χ1n) is 13.1. The molecule has 9 nitrogen and oxygen atoms in total. The molecule has 3 aromatic carbocycles. The molecule has 3 aromatic heterocycles. The average molecular weight is 517 g/mol. The van der Waals surface area contributed by atoms with E-state index in [2.05, 4.69) is 95.9 Å². The Balaban J connectivity index is 1.14. The summed E-state index contributed by atoms with van der Waals surface area (Å²) in [5, 5.41) is 14.4. The summed E-state index contributed by atoms with van der Waals surface area (Å²) < 4.78 is 9.53. The summed E-state index contributed by atoms with van der Waals surface area (Å²) in [6.07, 6.45) is 5.72. The Morgan fingerprint density at radius 1 is 0.872 bits per heavy atom. The third-order valence-electron chi connectivity index (χ3n) is 7.14. The molecule has 4 heterocycles. The first kappa shape index (κ1) is 23.5. The van der Waals surface area contributed by atoms with Crippen molar-refractivity contribution in [2.24, 2.45) is 0 Å². The van der Waals surface area contributed by atoms with Crippen molar-refractivity contribution in [2.45, 2.75) is 13.1 Å². The number of nitrogens with one attached hydrogen (secondary N) is 1. The number of aromatic nitrogens is 6. The second kappa shape index (κ2) is 10.3. The van der Waals surface area contributed by atoms with Crippen LogP contribution in [0.5, 0.6) is 0 Å². The van der Waals surface area contributed by atoms with E-state index in [9.17, 15) is 0 Å². The Bertz CT molecular complexity index is 1740. The fourth-order valence-corrected chi connectivity index (χ4v) is 5.10. The maximum Gasteiger partial charge on any atom is 0.141 e. The van der Waals surface area contributed by atoms with E-state index in [-0.39, 0.29) is 0 Å². The molecule has 0 unspecified atom stereocenters. The van der Waals surface area contributed by atoms with Crippen molar-refractivity contribution < 1.29 is 4.74 Å². The number of ether oxygens (including phenoxy) is 1. The van der Waals surface area contributed by atoms with E-state index in [1.54, 1.807) is 6.33 Å². The molecule has 1 N–H and O–H groups in total. The molecule has 1 aliphatic heterocycles. The lowest BCUT2D eigenvalue weighted by Gasteiger charge is -2.25. The van der Waals surface area contributed by atoms with Crippen molar-refractivity contribution >= 4 is 33.3 Å². The molecule has 0 radical (unpaired) electrons. The van der Waals surface area contributed by atoms with Gasteiger partial charge in [-0.3, -0.25) is 4.90 Å². The minimum Gasteiger partial charge on any atom is -0.379 e. The summed E-state index contributed by atoms with van der Waals surface area (Å²) in [4.78, 5) is 11.4. The molecule has 194 valence electrons. The van der Waals surface area contributed by atoms with Crippen molar-refractivity contribution in [1.29, 1.82) is 0 Å². The molecule has 39 heavy (non-hydrogen) atoms. The maximum atomic E-state index is 5.45. The number of fused-ring (bicyclic) bond motifs is 2. The number of benzene rings is 3. The summed E-state index contributed by atoms with van der Waals surface area (Å²) in [6.45, 7) is 4.97. The van der Waals surface area contributed by atoms with Gasteiger partial charge in [0.2, 0.25) is 0 Å². The van der Waals surface area contributed by atoms with E-state index in [0.29, 0.717) is 0 Å². The molecular formula is C30H28N8O. The predicted octanol–water partition coefficient (Wildman–Crippen LogP) is 4.79. The zero-order valence-electron chi connectivity index (χ0n) is 21.4. The highest BCUT2D eigenvalue weighted by molar-refractivity contribution is 5.93. The van der Waals surface area contributed by atoms with Gasteiger partial charge in [-0.2, -0.15) is 0 Å². The Labute approximate surface area is 225 Å². The van der Waals surface area contributed by atoms with Crippen LogP contribution in [0.25, 0.3) is 27.5 Å². The third-order valence-corrected chi connectivity index (χ3v) is 7.14. The van der Waals surface area contributed by atoms with Gasteiger partial charge in [-0.15, -0.1) is 5.10 Å². The van der Waals surface area contributed by atoms with Crippen LogP contribution in [0.4, 0.5) is 11.5 Å². The lowest BCUT2D eigenvalue weighted by Crippen LogP contribution is -2.35. The van der Waals surface area contributed by atoms with Crippen LogP contribution < -0.4 is 5.32 Å². The van der Waals surface area contributed by atoms with Gasteiger partial charge in [0.05, 0.1) is 36.3 Å². The molecule has 0 saturated carbocycles. The lowest BCUT2D eigenvalue weighted by molar-refractivity contribution is 0.0336. The summed E-state index contributed by atoms with van der Waals surface area (Å²) in [7, 11) is 0. The van der Waals surface area contributed by atoms with Crippen LogP contribution in [-0.2, 0) is 17.8 Å². The summed E-state index contributed by atoms with van der Waals surface area (Å²) in [5.41, 5.74) is 6.15. The Morgan fingerprint density at radius 2 is 1.77 bits per heavy atom. The molecule has 6 aromatic rings. The van der Waals surface area contributed by atoms with Gasteiger partial charge in [-0.25, -0.2) is 14.6 Å². The molecule has 7 rings (SSSR count). The highest BCUT2D eigenvalue weighted by atomic mass is 16.5. The molecule has 0 bridgehead atoms. The summed E-state index contributed by atoms with van der Waals surface area (Å²) in [6, 6.07) is 25.1. The van der Waals surface area contributed by atoms with E-state index in [0.717, 1.165) is 73.2 Å². The Morgan fingerprint density at radius 3 is 2.67 bits per heavy atom. The van der Waals surface area contributed by atoms with E-state index < -0.39 is 0 Å². The molecular weight excluding hydrogens is 488 g/mol. The molecule has 0 amide bonds. The average Bonchev–Trinajstić information content (AvgIpc) is 3.61. The fourth-order valence-electron chi connectivity index (χ4n) is 5.10. The topological polar surface area (TPSA) is 85.9 Å². The van der Waals surface area contributed by atoms with Crippen molar-refractivity contribution in [3.8, 4) is 5.69 Å². The monoisotopic (exact) mass is 516 g/mol. The molecule has 0 atom stereocenters. The number of hydrogen-bond donors (Lipinski definition) is 1. The van der Waals surface area contributed by atoms with E-state index in [1.807, 2.05) is 29.1 Å². The van der Waals surface area contributed by atoms with Crippen LogP contribution in [0.15, 0.2) is 91.5 Å². The first-order valence-corrected chi connectivity index (χ1v) is 13.1. The van der Waals surface area contributed by atoms with Crippen LogP contribution in [0.3, 0.4) is 0 Å². The highest BCUT2D eigenvalue weighted by Crippen LogP contribution is 2.28. The molecule has 9 heteroatoms. The standard InChI is InChI=1S/C30H28N8O/c1-2-4-22(5-3-1)18-37-11-10-23-16-24(6-9-29(23)37)33-30-27-17-26(7-8-28(27)31-21-32-30)38-20-25(34-35-38)19-36-12-14-39-15-13-36/h1-11,16-17,20-21H,12-15,18-19H2,(H,31,32,33). The van der Waals surface area contributed by atoms with Crippen LogP contribution in [0.1, 0.15) is 11.3 Å². The van der Waals surface area contributed by atoms with Crippen molar-refractivity contribution in [3.63, 3.8) is 0 Å². The Hall–Kier alpha value is -4.60. The van der Waals surface area contributed by atoms with Crippen LogP contribution in [0.2, 0.25) is 0 Å². The van der Waals surface area contributed by atoms with E-state index in [4.69, 9.17) is 4.74 Å². The number of anilines is 2. The number of morpholine rings is 1. The Kier molecular flexibility index (Phi) is 6.20. The van der Waals surface area contributed by atoms with Gasteiger partial charge in [0.1, 0.15) is 12.1 Å². The van der Waals surface area contributed by atoms with Crippen molar-refractivity contribution in [1.82, 2.24) is 34.4 Å². The van der Waals surface area contributed by atoms with Crippen LogP contribution in [-0.4, -0.2) is 60.7 Å². The van der Waals surface area contributed by atoms with E-state index in [1.165, 1.54) is 16.5 Å². The predicted molar refractivity (Wildman–Crippen MR) is 151 cm³/mol. The SMILES string of the molecule is c1ccc(Cn2ccc3cc(Nc4ncnc5ccc(-n6cc(CN7CCOCC7)nn6)cc45)ccc32)cc1. The zero-order valence-corrected chi connectivity index (χ0v) is 21.4.